The number of rotatable bonds is 3. The monoisotopic (exact) mass is 205 g/mol. The van der Waals surface area contributed by atoms with Gasteiger partial charge in [0.15, 0.2) is 0 Å². The number of hydrogen-bond acceptors (Lipinski definition) is 3. The Morgan fingerprint density at radius 3 is 3.07 bits per heavy atom. The highest BCUT2D eigenvalue weighted by molar-refractivity contribution is 5.44. The van der Waals surface area contributed by atoms with Crippen molar-refractivity contribution in [3.8, 4) is 0 Å². The molecule has 3 heteroatoms. The molecule has 0 aliphatic heterocycles. The van der Waals surface area contributed by atoms with E-state index in [4.69, 9.17) is 5.73 Å². The second-order valence-corrected chi connectivity index (χ2v) is 4.50. The number of nitrogens with one attached hydrogen (secondary N) is 1. The predicted octanol–water partition coefficient (Wildman–Crippen LogP) is 2.14. The van der Waals surface area contributed by atoms with Crippen molar-refractivity contribution in [3.63, 3.8) is 0 Å². The van der Waals surface area contributed by atoms with Gasteiger partial charge in [-0.1, -0.05) is 6.92 Å². The van der Waals surface area contributed by atoms with Crippen LogP contribution in [0.1, 0.15) is 31.9 Å². The van der Waals surface area contributed by atoms with Crippen molar-refractivity contribution in [1.82, 2.24) is 4.98 Å². The van der Waals surface area contributed by atoms with Crippen LogP contribution in [0, 0.1) is 5.92 Å². The summed E-state index contributed by atoms with van der Waals surface area (Å²) in [5, 5.41) is 3.55. The first-order chi connectivity index (χ1) is 7.28. The number of aromatic nitrogens is 1. The van der Waals surface area contributed by atoms with Crippen LogP contribution in [-0.4, -0.2) is 11.0 Å². The normalized spacial score (nSPS) is 25.5. The van der Waals surface area contributed by atoms with Gasteiger partial charge in [-0.05, 0) is 37.3 Å². The summed E-state index contributed by atoms with van der Waals surface area (Å²) in [6, 6.07) is 4.69. The Kier molecular flexibility index (Phi) is 3.21. The highest BCUT2D eigenvalue weighted by atomic mass is 14.9. The maximum absolute atomic E-state index is 5.56. The molecule has 1 aliphatic rings. The van der Waals surface area contributed by atoms with Gasteiger partial charge in [0.1, 0.15) is 0 Å². The topological polar surface area (TPSA) is 50.9 Å². The fraction of sp³-hybridized carbons (Fsp3) is 0.583. The standard InChI is InChI=1S/C12H19N3/c1-9-2-3-10(6-9)15-11-4-5-14-12(7-11)8-13/h4-5,7,9-10H,2-3,6,8,13H2,1H3,(H,14,15). The molecule has 1 aromatic rings. The van der Waals surface area contributed by atoms with Gasteiger partial charge in [0.2, 0.25) is 0 Å². The first kappa shape index (κ1) is 10.4. The summed E-state index contributed by atoms with van der Waals surface area (Å²) in [7, 11) is 0. The van der Waals surface area contributed by atoms with Crippen molar-refractivity contribution in [1.29, 1.82) is 0 Å². The second-order valence-electron chi connectivity index (χ2n) is 4.50. The molecule has 0 spiro atoms. The summed E-state index contributed by atoms with van der Waals surface area (Å²) >= 11 is 0. The minimum Gasteiger partial charge on any atom is -0.382 e. The first-order valence-corrected chi connectivity index (χ1v) is 5.69. The molecule has 2 atom stereocenters. The van der Waals surface area contributed by atoms with Crippen LogP contribution in [0.2, 0.25) is 0 Å². The Bertz CT molecular complexity index is 324. The van der Waals surface area contributed by atoms with Crippen LogP contribution in [0.3, 0.4) is 0 Å². The molecule has 82 valence electrons. The lowest BCUT2D eigenvalue weighted by atomic mass is 10.1. The Balaban J connectivity index is 1.98. The minimum absolute atomic E-state index is 0.511. The lowest BCUT2D eigenvalue weighted by Gasteiger charge is -2.14. The summed E-state index contributed by atoms with van der Waals surface area (Å²) in [6.07, 6.45) is 5.72. The highest BCUT2D eigenvalue weighted by Crippen LogP contribution is 2.27. The Labute approximate surface area is 91.1 Å². The van der Waals surface area contributed by atoms with E-state index in [1.165, 1.54) is 19.3 Å². The van der Waals surface area contributed by atoms with Gasteiger partial charge in [0, 0.05) is 24.5 Å². The zero-order valence-electron chi connectivity index (χ0n) is 9.24. The predicted molar refractivity (Wildman–Crippen MR) is 62.6 cm³/mol. The average Bonchev–Trinajstić information content (AvgIpc) is 2.64. The van der Waals surface area contributed by atoms with E-state index in [1.807, 2.05) is 18.3 Å². The van der Waals surface area contributed by atoms with Gasteiger partial charge in [-0.25, -0.2) is 0 Å². The molecule has 0 aromatic carbocycles. The molecule has 0 amide bonds. The molecule has 3 N–H and O–H groups in total. The van der Waals surface area contributed by atoms with Gasteiger partial charge >= 0.3 is 0 Å². The smallest absolute Gasteiger partial charge is 0.0559 e. The molecule has 2 rings (SSSR count). The maximum Gasteiger partial charge on any atom is 0.0559 e. The van der Waals surface area contributed by atoms with E-state index in [9.17, 15) is 0 Å². The van der Waals surface area contributed by atoms with E-state index in [1.54, 1.807) is 0 Å². The summed E-state index contributed by atoms with van der Waals surface area (Å²) < 4.78 is 0. The van der Waals surface area contributed by atoms with Crippen LogP contribution in [0.4, 0.5) is 5.69 Å². The van der Waals surface area contributed by atoms with Crippen molar-refractivity contribution in [3.05, 3.63) is 24.0 Å². The van der Waals surface area contributed by atoms with Gasteiger partial charge in [0.05, 0.1) is 5.69 Å². The Hall–Kier alpha value is -1.09. The highest BCUT2D eigenvalue weighted by Gasteiger charge is 2.20. The third kappa shape index (κ3) is 2.69. The molecule has 2 unspecified atom stereocenters. The van der Waals surface area contributed by atoms with E-state index in [0.29, 0.717) is 12.6 Å². The van der Waals surface area contributed by atoms with Gasteiger partial charge in [-0.3, -0.25) is 4.98 Å². The SMILES string of the molecule is CC1CCC(Nc2ccnc(CN)c2)C1. The fourth-order valence-corrected chi connectivity index (χ4v) is 2.25. The Morgan fingerprint density at radius 1 is 1.53 bits per heavy atom. The van der Waals surface area contributed by atoms with Crippen LogP contribution in [-0.2, 0) is 6.54 Å². The summed E-state index contributed by atoms with van der Waals surface area (Å²) in [5.41, 5.74) is 7.67. The Morgan fingerprint density at radius 2 is 2.40 bits per heavy atom. The molecule has 1 fully saturated rings. The lowest BCUT2D eigenvalue weighted by molar-refractivity contribution is 0.602. The molecular weight excluding hydrogens is 186 g/mol. The van der Waals surface area contributed by atoms with Crippen LogP contribution >= 0.6 is 0 Å². The zero-order valence-corrected chi connectivity index (χ0v) is 9.24. The van der Waals surface area contributed by atoms with Crippen molar-refractivity contribution >= 4 is 5.69 Å². The molecule has 0 bridgehead atoms. The number of hydrogen-bond donors (Lipinski definition) is 2. The minimum atomic E-state index is 0.511. The van der Waals surface area contributed by atoms with Crippen molar-refractivity contribution in [2.75, 3.05) is 5.32 Å². The largest absolute Gasteiger partial charge is 0.382 e. The molecule has 1 aliphatic carbocycles. The molecule has 0 radical (unpaired) electrons. The number of nitrogens with two attached hydrogens (primary N) is 1. The summed E-state index contributed by atoms with van der Waals surface area (Å²) in [6.45, 7) is 2.83. The van der Waals surface area contributed by atoms with Gasteiger partial charge in [0.25, 0.3) is 0 Å². The fourth-order valence-electron chi connectivity index (χ4n) is 2.25. The van der Waals surface area contributed by atoms with E-state index in [0.717, 1.165) is 17.3 Å². The van der Waals surface area contributed by atoms with Gasteiger partial charge in [-0.15, -0.1) is 0 Å². The molecule has 0 saturated heterocycles. The van der Waals surface area contributed by atoms with Crippen molar-refractivity contribution < 1.29 is 0 Å². The van der Waals surface area contributed by atoms with E-state index >= 15 is 0 Å². The van der Waals surface area contributed by atoms with Crippen LogP contribution in [0.15, 0.2) is 18.3 Å². The third-order valence-corrected chi connectivity index (χ3v) is 3.09. The lowest BCUT2D eigenvalue weighted by Crippen LogP contribution is -2.15. The number of nitrogens with zero attached hydrogens (tertiary/aromatic N) is 1. The number of anilines is 1. The number of pyridine rings is 1. The first-order valence-electron chi connectivity index (χ1n) is 5.69. The van der Waals surface area contributed by atoms with E-state index in [2.05, 4.69) is 17.2 Å². The summed E-state index contributed by atoms with van der Waals surface area (Å²) in [4.78, 5) is 4.18. The average molecular weight is 205 g/mol. The van der Waals surface area contributed by atoms with Crippen molar-refractivity contribution in [2.24, 2.45) is 11.7 Å². The van der Waals surface area contributed by atoms with E-state index < -0.39 is 0 Å². The molecule has 1 heterocycles. The van der Waals surface area contributed by atoms with Gasteiger partial charge in [-0.2, -0.15) is 0 Å². The molecule has 15 heavy (non-hydrogen) atoms. The second kappa shape index (κ2) is 4.62. The molecule has 3 nitrogen and oxygen atoms in total. The van der Waals surface area contributed by atoms with Crippen molar-refractivity contribution in [2.45, 2.75) is 38.8 Å². The van der Waals surface area contributed by atoms with Gasteiger partial charge < -0.3 is 11.1 Å². The quantitative estimate of drug-likeness (QED) is 0.795. The van der Waals surface area contributed by atoms with Crippen LogP contribution in [0.5, 0.6) is 0 Å². The van der Waals surface area contributed by atoms with Crippen LogP contribution in [0.25, 0.3) is 0 Å². The zero-order chi connectivity index (χ0) is 10.7. The maximum atomic E-state index is 5.56. The molecule has 1 saturated carbocycles. The molecule has 1 aromatic heterocycles. The summed E-state index contributed by atoms with van der Waals surface area (Å²) in [5.74, 6) is 0.860. The van der Waals surface area contributed by atoms with E-state index in [-0.39, 0.29) is 0 Å². The van der Waals surface area contributed by atoms with Crippen LogP contribution < -0.4 is 11.1 Å². The molecular formula is C12H19N3. The third-order valence-electron chi connectivity index (χ3n) is 3.09.